The maximum Gasteiger partial charge on any atom is 0.238 e. The highest BCUT2D eigenvalue weighted by Crippen LogP contribution is 2.50. The molecule has 1 saturated carbocycles. The molecule has 3 aliphatic rings. The van der Waals surface area contributed by atoms with E-state index < -0.39 is 5.60 Å². The van der Waals surface area contributed by atoms with Crippen LogP contribution in [0.2, 0.25) is 0 Å². The van der Waals surface area contributed by atoms with Crippen molar-refractivity contribution in [2.75, 3.05) is 25.2 Å². The number of benzene rings is 3. The standard InChI is InChI=1S/C28H30N2O4/c31-26(29-23-10-5-7-19-6-1-2-8-21(19)23)17-30-15-14-28(32)13-4-3-9-22(28)27(30)20-11-12-24-25(16-20)34-18-33-24/h1-2,5-8,10-12,16,22,27,32H,3-4,9,13-15,17-18H2,(H,29,31)/t22-,27-,28-/m0/s1. The number of ether oxygens (including phenoxy) is 2. The van der Waals surface area contributed by atoms with Crippen molar-refractivity contribution in [1.29, 1.82) is 0 Å². The van der Waals surface area contributed by atoms with E-state index in [9.17, 15) is 9.90 Å². The van der Waals surface area contributed by atoms with E-state index in [2.05, 4.69) is 28.4 Å². The van der Waals surface area contributed by atoms with Gasteiger partial charge >= 0.3 is 0 Å². The van der Waals surface area contributed by atoms with E-state index in [1.165, 1.54) is 0 Å². The number of carbonyl (C=O) groups is 1. The van der Waals surface area contributed by atoms with E-state index in [4.69, 9.17) is 9.47 Å². The summed E-state index contributed by atoms with van der Waals surface area (Å²) in [5.74, 6) is 1.53. The van der Waals surface area contributed by atoms with Gasteiger partial charge in [0.15, 0.2) is 11.5 Å². The molecule has 6 nitrogen and oxygen atoms in total. The molecule has 2 heterocycles. The lowest BCUT2D eigenvalue weighted by Crippen LogP contribution is -2.56. The minimum absolute atomic E-state index is 0.0386. The number of fused-ring (bicyclic) bond motifs is 3. The molecular weight excluding hydrogens is 428 g/mol. The highest BCUT2D eigenvalue weighted by Gasteiger charge is 2.49. The highest BCUT2D eigenvalue weighted by molar-refractivity contribution is 6.02. The molecule has 1 amide bonds. The Hall–Kier alpha value is -3.09. The number of hydrogen-bond acceptors (Lipinski definition) is 5. The quantitative estimate of drug-likeness (QED) is 0.583. The number of hydrogen-bond donors (Lipinski definition) is 2. The maximum absolute atomic E-state index is 13.3. The molecule has 3 atom stereocenters. The fourth-order valence-electron chi connectivity index (χ4n) is 6.17. The number of amides is 1. The molecule has 176 valence electrons. The van der Waals surface area contributed by atoms with Crippen LogP contribution in [-0.2, 0) is 4.79 Å². The largest absolute Gasteiger partial charge is 0.454 e. The van der Waals surface area contributed by atoms with E-state index in [1.54, 1.807) is 0 Å². The lowest BCUT2D eigenvalue weighted by Gasteiger charge is -2.52. The van der Waals surface area contributed by atoms with E-state index in [1.807, 2.05) is 42.5 Å². The number of nitrogens with one attached hydrogen (secondary N) is 1. The van der Waals surface area contributed by atoms with Crippen molar-refractivity contribution in [1.82, 2.24) is 4.90 Å². The second-order valence-corrected chi connectivity index (χ2v) is 9.81. The minimum atomic E-state index is -0.679. The molecule has 1 saturated heterocycles. The number of likely N-dealkylation sites (tertiary alicyclic amines) is 1. The van der Waals surface area contributed by atoms with E-state index in [-0.39, 0.29) is 31.2 Å². The molecular formula is C28H30N2O4. The van der Waals surface area contributed by atoms with Crippen molar-refractivity contribution < 1.29 is 19.4 Å². The Morgan fingerprint density at radius 1 is 1.03 bits per heavy atom. The second-order valence-electron chi connectivity index (χ2n) is 9.81. The Labute approximate surface area is 199 Å². The summed E-state index contributed by atoms with van der Waals surface area (Å²) in [6, 6.07) is 20.0. The van der Waals surface area contributed by atoms with Gasteiger partial charge in [0.1, 0.15) is 0 Å². The van der Waals surface area contributed by atoms with Gasteiger partial charge in [0.25, 0.3) is 0 Å². The van der Waals surface area contributed by atoms with Crippen LogP contribution in [0.25, 0.3) is 10.8 Å². The van der Waals surface area contributed by atoms with Gasteiger partial charge in [-0.15, -0.1) is 0 Å². The molecule has 6 rings (SSSR count). The summed E-state index contributed by atoms with van der Waals surface area (Å²) in [4.78, 5) is 15.5. The Balaban J connectivity index is 1.29. The summed E-state index contributed by atoms with van der Waals surface area (Å²) < 4.78 is 11.2. The summed E-state index contributed by atoms with van der Waals surface area (Å²) in [7, 11) is 0. The van der Waals surface area contributed by atoms with Crippen molar-refractivity contribution in [3.05, 3.63) is 66.2 Å². The molecule has 0 unspecified atom stereocenters. The number of rotatable bonds is 4. The summed E-state index contributed by atoms with van der Waals surface area (Å²) in [6.45, 7) is 1.18. The first-order valence-electron chi connectivity index (χ1n) is 12.2. The zero-order valence-corrected chi connectivity index (χ0v) is 19.2. The topological polar surface area (TPSA) is 71.0 Å². The number of anilines is 1. The molecule has 0 radical (unpaired) electrons. The zero-order valence-electron chi connectivity index (χ0n) is 19.2. The predicted octanol–water partition coefficient (Wildman–Crippen LogP) is 4.88. The molecule has 3 aromatic carbocycles. The van der Waals surface area contributed by atoms with Crippen LogP contribution in [0.4, 0.5) is 5.69 Å². The summed E-state index contributed by atoms with van der Waals surface area (Å²) in [6.07, 6.45) is 4.64. The minimum Gasteiger partial charge on any atom is -0.454 e. The first-order chi connectivity index (χ1) is 16.6. The van der Waals surface area contributed by atoms with E-state index in [0.717, 1.165) is 59.2 Å². The Bertz CT molecular complexity index is 1220. The average Bonchev–Trinajstić information content (AvgIpc) is 3.32. The van der Waals surface area contributed by atoms with Gasteiger partial charge in [0, 0.05) is 29.6 Å². The molecule has 2 aliphatic heterocycles. The zero-order chi connectivity index (χ0) is 23.1. The Kier molecular flexibility index (Phi) is 5.42. The van der Waals surface area contributed by atoms with Gasteiger partial charge in [0.2, 0.25) is 12.7 Å². The van der Waals surface area contributed by atoms with Crippen LogP contribution in [0.1, 0.15) is 43.7 Å². The molecule has 2 fully saturated rings. The highest BCUT2D eigenvalue weighted by atomic mass is 16.7. The smallest absolute Gasteiger partial charge is 0.238 e. The van der Waals surface area contributed by atoms with Crippen molar-refractivity contribution in [3.8, 4) is 11.5 Å². The molecule has 1 aliphatic carbocycles. The average molecular weight is 459 g/mol. The lowest BCUT2D eigenvalue weighted by atomic mass is 9.66. The third-order valence-electron chi connectivity index (χ3n) is 7.82. The summed E-state index contributed by atoms with van der Waals surface area (Å²) in [5.41, 5.74) is 1.23. The molecule has 0 bridgehead atoms. The Morgan fingerprint density at radius 3 is 2.82 bits per heavy atom. The van der Waals surface area contributed by atoms with Crippen LogP contribution in [0.5, 0.6) is 11.5 Å². The summed E-state index contributed by atoms with van der Waals surface area (Å²) in [5, 5.41) is 16.8. The van der Waals surface area contributed by atoms with E-state index >= 15 is 0 Å². The number of carbonyl (C=O) groups excluding carboxylic acids is 1. The lowest BCUT2D eigenvalue weighted by molar-refractivity contribution is -0.135. The van der Waals surface area contributed by atoms with Gasteiger partial charge in [-0.05, 0) is 48.4 Å². The number of aliphatic hydroxyl groups is 1. The first-order valence-corrected chi connectivity index (χ1v) is 12.2. The Morgan fingerprint density at radius 2 is 1.88 bits per heavy atom. The van der Waals surface area contributed by atoms with Gasteiger partial charge < -0.3 is 19.9 Å². The monoisotopic (exact) mass is 458 g/mol. The molecule has 3 aromatic rings. The SMILES string of the molecule is O=C(CN1CC[C@@]2(O)CCCC[C@H]2[C@@H]1c1ccc2c(c1)OCO2)Nc1cccc2ccccc12. The van der Waals surface area contributed by atoms with Gasteiger partial charge in [-0.3, -0.25) is 9.69 Å². The third kappa shape index (κ3) is 3.81. The maximum atomic E-state index is 13.3. The van der Waals surface area contributed by atoms with Gasteiger partial charge in [-0.25, -0.2) is 0 Å². The van der Waals surface area contributed by atoms with Crippen LogP contribution in [-0.4, -0.2) is 41.4 Å². The van der Waals surface area contributed by atoms with Crippen molar-refractivity contribution >= 4 is 22.4 Å². The van der Waals surface area contributed by atoms with Gasteiger partial charge in [-0.2, -0.15) is 0 Å². The van der Waals surface area contributed by atoms with Crippen molar-refractivity contribution in [2.24, 2.45) is 5.92 Å². The third-order valence-corrected chi connectivity index (χ3v) is 7.82. The predicted molar refractivity (Wildman–Crippen MR) is 131 cm³/mol. The molecule has 0 aromatic heterocycles. The number of nitrogens with zero attached hydrogens (tertiary/aromatic N) is 1. The van der Waals surface area contributed by atoms with Crippen LogP contribution < -0.4 is 14.8 Å². The number of piperidine rings is 1. The van der Waals surface area contributed by atoms with Crippen LogP contribution in [0.15, 0.2) is 60.7 Å². The van der Waals surface area contributed by atoms with Crippen molar-refractivity contribution in [3.63, 3.8) is 0 Å². The molecule has 2 N–H and O–H groups in total. The normalized spacial score (nSPS) is 26.3. The van der Waals surface area contributed by atoms with Gasteiger partial charge in [0.05, 0.1) is 12.1 Å². The molecule has 34 heavy (non-hydrogen) atoms. The van der Waals surface area contributed by atoms with E-state index in [0.29, 0.717) is 13.0 Å². The van der Waals surface area contributed by atoms with Crippen LogP contribution >= 0.6 is 0 Å². The second kappa shape index (κ2) is 8.60. The fraction of sp³-hybridized carbons (Fsp3) is 0.393. The summed E-state index contributed by atoms with van der Waals surface area (Å²) >= 11 is 0. The van der Waals surface area contributed by atoms with Crippen molar-refractivity contribution in [2.45, 2.75) is 43.7 Å². The molecule has 0 spiro atoms. The van der Waals surface area contributed by atoms with Crippen LogP contribution in [0.3, 0.4) is 0 Å². The fourth-order valence-corrected chi connectivity index (χ4v) is 6.17. The van der Waals surface area contributed by atoms with Gasteiger partial charge in [-0.1, -0.05) is 55.3 Å². The first kappa shape index (κ1) is 21.4. The molecule has 6 heteroatoms. The van der Waals surface area contributed by atoms with Crippen LogP contribution in [0, 0.1) is 5.92 Å².